The predicted molar refractivity (Wildman–Crippen MR) is 79.3 cm³/mol. The van der Waals surface area contributed by atoms with E-state index in [-0.39, 0.29) is 22.7 Å². The first kappa shape index (κ1) is 18.3. The van der Waals surface area contributed by atoms with E-state index in [1.54, 1.807) is 19.2 Å². The zero-order chi connectivity index (χ0) is 15.9. The summed E-state index contributed by atoms with van der Waals surface area (Å²) in [6.45, 7) is 1.90. The van der Waals surface area contributed by atoms with Crippen LogP contribution in [-0.4, -0.2) is 44.3 Å². The molecule has 0 spiro atoms. The monoisotopic (exact) mass is 322 g/mol. The highest BCUT2D eigenvalue weighted by atomic mass is 32.2. The molecule has 0 radical (unpaired) electrons. The number of nitrogens with zero attached hydrogens (tertiary/aromatic N) is 1. The van der Waals surface area contributed by atoms with Crippen LogP contribution in [0.4, 0.5) is 13.2 Å². The summed E-state index contributed by atoms with van der Waals surface area (Å²) in [4.78, 5) is 2.27. The average molecular weight is 322 g/mol. The normalized spacial score (nSPS) is 13.7. The lowest BCUT2D eigenvalue weighted by Crippen LogP contribution is -2.31. The van der Waals surface area contributed by atoms with Gasteiger partial charge in [-0.05, 0) is 42.9 Å². The van der Waals surface area contributed by atoms with E-state index in [0.29, 0.717) is 13.2 Å². The van der Waals surface area contributed by atoms with Crippen LogP contribution in [0.25, 0.3) is 0 Å². The van der Waals surface area contributed by atoms with Gasteiger partial charge in [-0.2, -0.15) is 13.2 Å². The van der Waals surface area contributed by atoms with Crippen molar-refractivity contribution in [2.24, 2.45) is 5.73 Å². The van der Waals surface area contributed by atoms with Gasteiger partial charge in [0.25, 0.3) is 0 Å². The molecule has 0 aliphatic heterocycles. The standard InChI is InChI=1S/C14H21F3N2OS/c1-19(8-3-9-20-2)13(10-18)11-4-6-12(7-5-11)21-14(15,16)17/h4-7,13H,3,8-10,18H2,1-2H3. The quantitative estimate of drug-likeness (QED) is 0.589. The van der Waals surface area contributed by atoms with Crippen molar-refractivity contribution in [3.05, 3.63) is 29.8 Å². The minimum atomic E-state index is -4.26. The molecule has 0 fully saturated rings. The molecule has 1 atom stereocenters. The number of hydrogen-bond acceptors (Lipinski definition) is 4. The molecule has 1 aromatic carbocycles. The van der Waals surface area contributed by atoms with Crippen LogP contribution in [-0.2, 0) is 4.74 Å². The Morgan fingerprint density at radius 3 is 2.38 bits per heavy atom. The number of nitrogens with two attached hydrogens (primary N) is 1. The summed E-state index contributed by atoms with van der Waals surface area (Å²) in [7, 11) is 3.60. The number of alkyl halides is 3. The van der Waals surface area contributed by atoms with E-state index in [2.05, 4.69) is 4.90 Å². The second-order valence-electron chi connectivity index (χ2n) is 4.70. The third-order valence-corrected chi connectivity index (χ3v) is 3.85. The van der Waals surface area contributed by atoms with Crippen molar-refractivity contribution in [3.8, 4) is 0 Å². The fourth-order valence-electron chi connectivity index (χ4n) is 2.08. The van der Waals surface area contributed by atoms with Crippen LogP contribution in [0.15, 0.2) is 29.2 Å². The molecule has 0 aliphatic rings. The first-order chi connectivity index (χ1) is 9.87. The second kappa shape index (κ2) is 8.63. The molecular weight excluding hydrogens is 301 g/mol. The molecule has 2 N–H and O–H groups in total. The Bertz CT molecular complexity index is 412. The van der Waals surface area contributed by atoms with Crippen LogP contribution in [0.5, 0.6) is 0 Å². The number of thioether (sulfide) groups is 1. The summed E-state index contributed by atoms with van der Waals surface area (Å²) in [5.74, 6) is 0. The van der Waals surface area contributed by atoms with E-state index in [9.17, 15) is 13.2 Å². The molecule has 1 rings (SSSR count). The number of rotatable bonds is 8. The van der Waals surface area contributed by atoms with Crippen LogP contribution in [0.1, 0.15) is 18.0 Å². The Hall–Kier alpha value is -0.760. The van der Waals surface area contributed by atoms with Gasteiger partial charge < -0.3 is 10.5 Å². The van der Waals surface area contributed by atoms with Crippen LogP contribution in [0.3, 0.4) is 0 Å². The first-order valence-electron chi connectivity index (χ1n) is 6.62. The van der Waals surface area contributed by atoms with Gasteiger partial charge in [-0.3, -0.25) is 4.90 Å². The summed E-state index contributed by atoms with van der Waals surface area (Å²) < 4.78 is 41.9. The molecule has 21 heavy (non-hydrogen) atoms. The number of methoxy groups -OCH3 is 1. The predicted octanol–water partition coefficient (Wildman–Crippen LogP) is 3.27. The van der Waals surface area contributed by atoms with Gasteiger partial charge in [0.1, 0.15) is 0 Å². The highest BCUT2D eigenvalue weighted by Crippen LogP contribution is 2.37. The molecule has 120 valence electrons. The smallest absolute Gasteiger partial charge is 0.385 e. The van der Waals surface area contributed by atoms with E-state index in [1.807, 2.05) is 7.05 Å². The highest BCUT2D eigenvalue weighted by molar-refractivity contribution is 8.00. The van der Waals surface area contributed by atoms with Crippen LogP contribution < -0.4 is 5.73 Å². The topological polar surface area (TPSA) is 38.5 Å². The maximum atomic E-state index is 12.3. The number of ether oxygens (including phenoxy) is 1. The van der Waals surface area contributed by atoms with Crippen molar-refractivity contribution in [2.45, 2.75) is 22.9 Å². The molecule has 7 heteroatoms. The minimum absolute atomic E-state index is 0.00760. The Morgan fingerprint density at radius 1 is 1.29 bits per heavy atom. The van der Waals surface area contributed by atoms with Gasteiger partial charge in [-0.15, -0.1) is 0 Å². The van der Waals surface area contributed by atoms with Gasteiger partial charge in [0, 0.05) is 37.7 Å². The zero-order valence-corrected chi connectivity index (χ0v) is 13.0. The summed E-state index contributed by atoms with van der Waals surface area (Å²) >= 11 is -0.107. The summed E-state index contributed by atoms with van der Waals surface area (Å²) in [6, 6.07) is 6.38. The number of likely N-dealkylation sites (N-methyl/N-ethyl adjacent to an activating group) is 1. The largest absolute Gasteiger partial charge is 0.446 e. The van der Waals surface area contributed by atoms with E-state index in [0.717, 1.165) is 18.5 Å². The van der Waals surface area contributed by atoms with Crippen LogP contribution in [0.2, 0.25) is 0 Å². The number of benzene rings is 1. The van der Waals surface area contributed by atoms with Crippen molar-refractivity contribution in [1.82, 2.24) is 4.90 Å². The van der Waals surface area contributed by atoms with Gasteiger partial charge in [0.2, 0.25) is 0 Å². The van der Waals surface area contributed by atoms with Crippen LogP contribution >= 0.6 is 11.8 Å². The van der Waals surface area contributed by atoms with Crippen molar-refractivity contribution >= 4 is 11.8 Å². The van der Waals surface area contributed by atoms with E-state index in [1.165, 1.54) is 12.1 Å². The maximum absolute atomic E-state index is 12.3. The molecule has 0 bridgehead atoms. The highest BCUT2D eigenvalue weighted by Gasteiger charge is 2.29. The Morgan fingerprint density at radius 2 is 1.90 bits per heavy atom. The Kier molecular flexibility index (Phi) is 7.51. The fraction of sp³-hybridized carbons (Fsp3) is 0.571. The third-order valence-electron chi connectivity index (χ3n) is 3.11. The molecule has 0 heterocycles. The second-order valence-corrected chi connectivity index (χ2v) is 5.83. The zero-order valence-electron chi connectivity index (χ0n) is 12.2. The summed E-state index contributed by atoms with van der Waals surface area (Å²) in [5, 5.41) is 0. The van der Waals surface area contributed by atoms with E-state index in [4.69, 9.17) is 10.5 Å². The SMILES string of the molecule is COCCCN(C)C(CN)c1ccc(SC(F)(F)F)cc1. The van der Waals surface area contributed by atoms with Crippen molar-refractivity contribution in [2.75, 3.05) is 33.9 Å². The molecule has 1 unspecified atom stereocenters. The minimum Gasteiger partial charge on any atom is -0.385 e. The molecule has 0 saturated heterocycles. The van der Waals surface area contributed by atoms with Gasteiger partial charge in [-0.25, -0.2) is 0 Å². The Balaban J connectivity index is 2.68. The molecule has 0 aromatic heterocycles. The molecule has 0 saturated carbocycles. The lowest BCUT2D eigenvalue weighted by Gasteiger charge is -2.27. The van der Waals surface area contributed by atoms with Gasteiger partial charge in [-0.1, -0.05) is 12.1 Å². The molecular formula is C14H21F3N2OS. The van der Waals surface area contributed by atoms with Crippen LogP contribution in [0, 0.1) is 0 Å². The third kappa shape index (κ3) is 6.69. The van der Waals surface area contributed by atoms with Gasteiger partial charge in [0.05, 0.1) is 0 Å². The van der Waals surface area contributed by atoms with Crippen molar-refractivity contribution in [3.63, 3.8) is 0 Å². The molecule has 1 aromatic rings. The Labute approximate surface area is 127 Å². The summed E-state index contributed by atoms with van der Waals surface area (Å²) in [5.41, 5.74) is 2.45. The lowest BCUT2D eigenvalue weighted by atomic mass is 10.1. The van der Waals surface area contributed by atoms with Gasteiger partial charge in [0.15, 0.2) is 0 Å². The number of hydrogen-bond donors (Lipinski definition) is 1. The number of halogens is 3. The summed E-state index contributed by atoms with van der Waals surface area (Å²) in [6.07, 6.45) is 0.880. The van der Waals surface area contributed by atoms with E-state index >= 15 is 0 Å². The molecule has 0 amide bonds. The molecule has 3 nitrogen and oxygen atoms in total. The van der Waals surface area contributed by atoms with E-state index < -0.39 is 5.51 Å². The average Bonchev–Trinajstić information content (AvgIpc) is 2.40. The first-order valence-corrected chi connectivity index (χ1v) is 7.44. The van der Waals surface area contributed by atoms with Gasteiger partial charge >= 0.3 is 5.51 Å². The van der Waals surface area contributed by atoms with Crippen molar-refractivity contribution < 1.29 is 17.9 Å². The lowest BCUT2D eigenvalue weighted by molar-refractivity contribution is -0.0328. The maximum Gasteiger partial charge on any atom is 0.446 e. The van der Waals surface area contributed by atoms with Crippen molar-refractivity contribution in [1.29, 1.82) is 0 Å². The molecule has 0 aliphatic carbocycles. The fourth-order valence-corrected chi connectivity index (χ4v) is 2.62.